The van der Waals surface area contributed by atoms with Crippen LogP contribution in [0.15, 0.2) is 24.3 Å². The average molecular weight is 319 g/mol. The first-order chi connectivity index (χ1) is 10.2. The molecule has 0 amide bonds. The molecule has 3 N–H and O–H groups in total. The highest BCUT2D eigenvalue weighted by atomic mass is 19.4. The molecule has 0 saturated heterocycles. The van der Waals surface area contributed by atoms with Gasteiger partial charge < -0.3 is 15.6 Å². The highest BCUT2D eigenvalue weighted by Crippen LogP contribution is 2.36. The number of carbonyl (C=O) groups is 1. The fourth-order valence-corrected chi connectivity index (χ4v) is 2.21. The largest absolute Gasteiger partial charge is 0.493 e. The molecule has 1 aromatic carbocycles. The summed E-state index contributed by atoms with van der Waals surface area (Å²) in [5.41, 5.74) is 4.69. The minimum Gasteiger partial charge on any atom is -0.493 e. The zero-order valence-electron chi connectivity index (χ0n) is 12.3. The molecule has 22 heavy (non-hydrogen) atoms. The number of aliphatic carboxylic acids is 1. The van der Waals surface area contributed by atoms with Gasteiger partial charge in [-0.2, -0.15) is 13.2 Å². The van der Waals surface area contributed by atoms with E-state index in [9.17, 15) is 18.0 Å². The number of nitrogens with two attached hydrogens (primary N) is 1. The van der Waals surface area contributed by atoms with E-state index in [1.54, 1.807) is 6.92 Å². The van der Waals surface area contributed by atoms with Crippen LogP contribution in [0, 0.1) is 11.8 Å². The highest BCUT2D eigenvalue weighted by molar-refractivity contribution is 5.67. The van der Waals surface area contributed by atoms with Crippen LogP contribution in [-0.4, -0.2) is 24.2 Å². The van der Waals surface area contributed by atoms with Crippen molar-refractivity contribution in [1.29, 1.82) is 0 Å². The molecule has 4 nitrogen and oxygen atoms in total. The lowest BCUT2D eigenvalue weighted by Crippen LogP contribution is -2.23. The first-order valence-corrected chi connectivity index (χ1v) is 6.95. The Kier molecular flexibility index (Phi) is 6.67. The summed E-state index contributed by atoms with van der Waals surface area (Å²) in [6.07, 6.45) is -4.04. The van der Waals surface area contributed by atoms with Gasteiger partial charge in [-0.1, -0.05) is 19.1 Å². The molecule has 0 aliphatic rings. The molecule has 0 aliphatic carbocycles. The van der Waals surface area contributed by atoms with Crippen LogP contribution >= 0.6 is 0 Å². The molecule has 2 atom stereocenters. The Balaban J connectivity index is 2.61. The Morgan fingerprint density at radius 3 is 2.55 bits per heavy atom. The molecular weight excluding hydrogens is 299 g/mol. The summed E-state index contributed by atoms with van der Waals surface area (Å²) in [7, 11) is 0. The third-order valence-corrected chi connectivity index (χ3v) is 3.25. The van der Waals surface area contributed by atoms with Crippen molar-refractivity contribution < 1.29 is 27.8 Å². The molecule has 1 rings (SSSR count). The SMILES string of the molecule is CC(COc1ccccc1C(F)(F)F)C[C@H](CN)CC(=O)O. The number of para-hydroxylation sites is 1. The summed E-state index contributed by atoms with van der Waals surface area (Å²) >= 11 is 0. The van der Waals surface area contributed by atoms with Crippen molar-refractivity contribution in [2.75, 3.05) is 13.2 Å². The van der Waals surface area contributed by atoms with Crippen LogP contribution in [0.25, 0.3) is 0 Å². The number of ether oxygens (including phenoxy) is 1. The lowest BCUT2D eigenvalue weighted by atomic mass is 9.93. The first kappa shape index (κ1) is 18.3. The zero-order valence-corrected chi connectivity index (χ0v) is 12.3. The summed E-state index contributed by atoms with van der Waals surface area (Å²) in [6.45, 7) is 2.08. The summed E-state index contributed by atoms with van der Waals surface area (Å²) in [4.78, 5) is 10.7. The smallest absolute Gasteiger partial charge is 0.419 e. The van der Waals surface area contributed by atoms with Gasteiger partial charge in [0.25, 0.3) is 0 Å². The van der Waals surface area contributed by atoms with Crippen molar-refractivity contribution in [3.63, 3.8) is 0 Å². The van der Waals surface area contributed by atoms with Gasteiger partial charge >= 0.3 is 12.1 Å². The number of halogens is 3. The van der Waals surface area contributed by atoms with Crippen molar-refractivity contribution in [1.82, 2.24) is 0 Å². The van der Waals surface area contributed by atoms with E-state index in [4.69, 9.17) is 15.6 Å². The lowest BCUT2D eigenvalue weighted by molar-refractivity contribution is -0.139. The van der Waals surface area contributed by atoms with Crippen molar-refractivity contribution in [3.05, 3.63) is 29.8 Å². The fourth-order valence-electron chi connectivity index (χ4n) is 2.21. The van der Waals surface area contributed by atoms with E-state index >= 15 is 0 Å². The van der Waals surface area contributed by atoms with Crippen LogP contribution in [0.3, 0.4) is 0 Å². The Morgan fingerprint density at radius 1 is 1.36 bits per heavy atom. The predicted molar refractivity (Wildman–Crippen MR) is 75.5 cm³/mol. The minimum absolute atomic E-state index is 0.0556. The van der Waals surface area contributed by atoms with Gasteiger partial charge in [0, 0.05) is 6.42 Å². The number of carboxylic acids is 1. The van der Waals surface area contributed by atoms with Gasteiger partial charge in [0.2, 0.25) is 0 Å². The summed E-state index contributed by atoms with van der Waals surface area (Å²) in [5.74, 6) is -1.47. The van der Waals surface area contributed by atoms with Crippen LogP contribution < -0.4 is 10.5 Å². The maximum Gasteiger partial charge on any atom is 0.419 e. The van der Waals surface area contributed by atoms with Gasteiger partial charge in [0.05, 0.1) is 12.2 Å². The molecule has 0 radical (unpaired) electrons. The van der Waals surface area contributed by atoms with E-state index < -0.39 is 17.7 Å². The van der Waals surface area contributed by atoms with E-state index in [1.165, 1.54) is 18.2 Å². The lowest BCUT2D eigenvalue weighted by Gasteiger charge is -2.20. The Morgan fingerprint density at radius 2 is 2.00 bits per heavy atom. The van der Waals surface area contributed by atoms with E-state index in [2.05, 4.69) is 0 Å². The second-order valence-electron chi connectivity index (χ2n) is 5.35. The average Bonchev–Trinajstić information content (AvgIpc) is 2.43. The normalized spacial score (nSPS) is 14.4. The topological polar surface area (TPSA) is 72.5 Å². The molecule has 0 aromatic heterocycles. The van der Waals surface area contributed by atoms with Crippen LogP contribution in [0.1, 0.15) is 25.3 Å². The van der Waals surface area contributed by atoms with Gasteiger partial charge in [-0.3, -0.25) is 4.79 Å². The molecule has 1 aromatic rings. The Bertz CT molecular complexity index is 491. The second kappa shape index (κ2) is 8.03. The zero-order chi connectivity index (χ0) is 16.8. The summed E-state index contributed by atoms with van der Waals surface area (Å²) in [6, 6.07) is 5.01. The molecular formula is C15H20F3NO3. The number of rotatable bonds is 8. The maximum atomic E-state index is 12.8. The number of hydrogen-bond acceptors (Lipinski definition) is 3. The quantitative estimate of drug-likeness (QED) is 0.772. The fraction of sp³-hybridized carbons (Fsp3) is 0.533. The van der Waals surface area contributed by atoms with Gasteiger partial charge in [0.15, 0.2) is 0 Å². The molecule has 0 fully saturated rings. The van der Waals surface area contributed by atoms with Crippen LogP contribution in [0.5, 0.6) is 5.75 Å². The van der Waals surface area contributed by atoms with Gasteiger partial charge in [-0.25, -0.2) is 0 Å². The van der Waals surface area contributed by atoms with E-state index in [0.29, 0.717) is 6.42 Å². The molecule has 1 unspecified atom stereocenters. The third kappa shape index (κ3) is 5.93. The van der Waals surface area contributed by atoms with E-state index in [0.717, 1.165) is 6.07 Å². The van der Waals surface area contributed by atoms with Crippen molar-refractivity contribution in [2.24, 2.45) is 17.6 Å². The first-order valence-electron chi connectivity index (χ1n) is 6.95. The third-order valence-electron chi connectivity index (χ3n) is 3.25. The summed E-state index contributed by atoms with van der Waals surface area (Å²) < 4.78 is 43.7. The number of carboxylic acid groups (broad SMARTS) is 1. The van der Waals surface area contributed by atoms with E-state index in [1.807, 2.05) is 0 Å². The minimum atomic E-state index is -4.47. The number of benzene rings is 1. The molecule has 0 bridgehead atoms. The van der Waals surface area contributed by atoms with Gasteiger partial charge in [-0.05, 0) is 36.9 Å². The predicted octanol–water partition coefficient (Wildman–Crippen LogP) is 3.16. The maximum absolute atomic E-state index is 12.8. The molecule has 0 spiro atoms. The van der Waals surface area contributed by atoms with Gasteiger partial charge in [0.1, 0.15) is 5.75 Å². The number of hydrogen-bond donors (Lipinski definition) is 2. The molecule has 124 valence electrons. The van der Waals surface area contributed by atoms with Crippen LogP contribution in [-0.2, 0) is 11.0 Å². The van der Waals surface area contributed by atoms with Crippen molar-refractivity contribution in [3.8, 4) is 5.75 Å². The monoisotopic (exact) mass is 319 g/mol. The molecule has 7 heteroatoms. The number of alkyl halides is 3. The molecule has 0 saturated carbocycles. The Labute approximate surface area is 127 Å². The molecule has 0 heterocycles. The second-order valence-corrected chi connectivity index (χ2v) is 5.35. The van der Waals surface area contributed by atoms with Crippen molar-refractivity contribution >= 4 is 5.97 Å². The Hall–Kier alpha value is -1.76. The standard InChI is InChI=1S/C15H20F3NO3/c1-10(6-11(8-19)7-14(20)21)9-22-13-5-3-2-4-12(13)15(16,17)18/h2-5,10-11H,6-9,19H2,1H3,(H,20,21)/t10?,11-/m0/s1. The molecule has 0 aliphatic heterocycles. The van der Waals surface area contributed by atoms with E-state index in [-0.39, 0.29) is 37.2 Å². The van der Waals surface area contributed by atoms with Gasteiger partial charge in [-0.15, -0.1) is 0 Å². The van der Waals surface area contributed by atoms with Crippen LogP contribution in [0.2, 0.25) is 0 Å². The highest BCUT2D eigenvalue weighted by Gasteiger charge is 2.34. The van der Waals surface area contributed by atoms with Crippen LogP contribution in [0.4, 0.5) is 13.2 Å². The van der Waals surface area contributed by atoms with Crippen molar-refractivity contribution in [2.45, 2.75) is 25.9 Å². The summed E-state index contributed by atoms with van der Waals surface area (Å²) in [5, 5.41) is 8.75.